The molecule has 9 heteroatoms. The number of hydrogen-bond acceptors (Lipinski definition) is 4. The summed E-state index contributed by atoms with van der Waals surface area (Å²) in [6.45, 7) is 4.80. The fourth-order valence-electron chi connectivity index (χ4n) is 4.48. The van der Waals surface area contributed by atoms with Crippen LogP contribution in [0.15, 0.2) is 18.2 Å². The summed E-state index contributed by atoms with van der Waals surface area (Å²) in [4.78, 5) is 26.3. The van der Waals surface area contributed by atoms with Crippen LogP contribution >= 0.6 is 0 Å². The number of halogens is 3. The molecule has 0 aromatic heterocycles. The fraction of sp³-hybridized carbons (Fsp3) is 0.619. The molecule has 6 nitrogen and oxygen atoms in total. The van der Waals surface area contributed by atoms with Crippen LogP contribution in [-0.2, 0) is 9.59 Å². The third-order valence-electron chi connectivity index (χ3n) is 5.35. The van der Waals surface area contributed by atoms with Crippen LogP contribution in [0.4, 0.5) is 18.9 Å². The van der Waals surface area contributed by atoms with Crippen molar-refractivity contribution in [1.29, 1.82) is 0 Å². The second-order valence-electron chi connectivity index (χ2n) is 9.49. The zero-order valence-electron chi connectivity index (χ0n) is 17.4. The van der Waals surface area contributed by atoms with E-state index in [2.05, 4.69) is 20.3 Å². The summed E-state index contributed by atoms with van der Waals surface area (Å²) in [7, 11) is 0. The van der Waals surface area contributed by atoms with Crippen molar-refractivity contribution in [2.24, 2.45) is 11.3 Å². The normalized spacial score (nSPS) is 18.6. The van der Waals surface area contributed by atoms with Crippen molar-refractivity contribution in [2.45, 2.75) is 52.2 Å². The zero-order valence-corrected chi connectivity index (χ0v) is 17.4. The third kappa shape index (κ3) is 5.87. The molecule has 166 valence electrons. The Kier molecular flexibility index (Phi) is 6.31. The summed E-state index contributed by atoms with van der Waals surface area (Å²) < 4.78 is 42.2. The lowest BCUT2D eigenvalue weighted by molar-refractivity contribution is -0.135. The quantitative estimate of drug-likeness (QED) is 0.700. The lowest BCUT2D eigenvalue weighted by Gasteiger charge is -2.59. The molecule has 1 aromatic rings. The first kappa shape index (κ1) is 22.4. The van der Waals surface area contributed by atoms with Gasteiger partial charge in [-0.05, 0) is 57.1 Å². The van der Waals surface area contributed by atoms with Gasteiger partial charge in [-0.25, -0.2) is 4.39 Å². The van der Waals surface area contributed by atoms with E-state index in [4.69, 9.17) is 0 Å². The lowest BCUT2D eigenvalue weighted by Crippen LogP contribution is -2.64. The number of likely N-dealkylation sites (tertiary alicyclic amines) is 1. The van der Waals surface area contributed by atoms with Crippen LogP contribution in [0.3, 0.4) is 0 Å². The molecule has 0 atom stereocenters. The SMILES string of the molecule is CC(C)(C)NC(=O)CN1CC2(CC(CC(=O)Nc3ccc(F)c(OC(F)F)c3)C2)C1. The summed E-state index contributed by atoms with van der Waals surface area (Å²) >= 11 is 0. The van der Waals surface area contributed by atoms with Crippen LogP contribution in [-0.4, -0.2) is 48.5 Å². The maximum absolute atomic E-state index is 13.5. The largest absolute Gasteiger partial charge is 0.432 e. The van der Waals surface area contributed by atoms with E-state index in [0.717, 1.165) is 38.1 Å². The van der Waals surface area contributed by atoms with Crippen molar-refractivity contribution in [2.75, 3.05) is 25.0 Å². The van der Waals surface area contributed by atoms with Crippen molar-refractivity contribution in [3.05, 3.63) is 24.0 Å². The molecule has 1 spiro atoms. The van der Waals surface area contributed by atoms with Crippen LogP contribution in [0.1, 0.15) is 40.0 Å². The molecule has 0 radical (unpaired) electrons. The molecule has 2 aliphatic rings. The van der Waals surface area contributed by atoms with Gasteiger partial charge in [-0.3, -0.25) is 14.5 Å². The molecule has 0 unspecified atom stereocenters. The van der Waals surface area contributed by atoms with Gasteiger partial charge in [0.15, 0.2) is 11.6 Å². The predicted octanol–water partition coefficient (Wildman–Crippen LogP) is 3.38. The van der Waals surface area contributed by atoms with Gasteiger partial charge in [-0.2, -0.15) is 8.78 Å². The Morgan fingerprint density at radius 1 is 1.23 bits per heavy atom. The maximum atomic E-state index is 13.5. The highest BCUT2D eigenvalue weighted by Gasteiger charge is 2.52. The van der Waals surface area contributed by atoms with Crippen molar-refractivity contribution in [3.63, 3.8) is 0 Å². The van der Waals surface area contributed by atoms with Gasteiger partial charge in [-0.15, -0.1) is 0 Å². The van der Waals surface area contributed by atoms with Crippen molar-refractivity contribution >= 4 is 17.5 Å². The van der Waals surface area contributed by atoms with E-state index < -0.39 is 18.2 Å². The second-order valence-corrected chi connectivity index (χ2v) is 9.49. The van der Waals surface area contributed by atoms with Crippen LogP contribution in [0.2, 0.25) is 0 Å². The van der Waals surface area contributed by atoms with Gasteiger partial charge in [-0.1, -0.05) is 0 Å². The highest BCUT2D eigenvalue weighted by atomic mass is 19.3. The van der Waals surface area contributed by atoms with E-state index in [1.165, 1.54) is 6.07 Å². The summed E-state index contributed by atoms with van der Waals surface area (Å²) in [6, 6.07) is 3.33. The minimum absolute atomic E-state index is 0.0158. The van der Waals surface area contributed by atoms with Gasteiger partial charge in [0.25, 0.3) is 0 Å². The predicted molar refractivity (Wildman–Crippen MR) is 106 cm³/mol. The van der Waals surface area contributed by atoms with Crippen LogP contribution in [0.25, 0.3) is 0 Å². The van der Waals surface area contributed by atoms with E-state index in [1.807, 2.05) is 20.8 Å². The molecular weight excluding hydrogens is 399 g/mol. The smallest absolute Gasteiger partial charge is 0.387 e. The molecular formula is C21H28F3N3O3. The number of nitrogens with one attached hydrogen (secondary N) is 2. The monoisotopic (exact) mass is 427 g/mol. The van der Waals surface area contributed by atoms with E-state index in [1.54, 1.807) is 0 Å². The number of carbonyl (C=O) groups excluding carboxylic acids is 2. The standard InChI is InChI=1S/C21H28F3N3O3/c1-20(2,3)26-18(29)10-27-11-21(12-27)8-13(9-21)6-17(28)25-14-4-5-15(22)16(7-14)30-19(23)24/h4-5,7,13,19H,6,8-12H2,1-3H3,(H,25,28)(H,26,29). The molecule has 1 aliphatic carbocycles. The topological polar surface area (TPSA) is 70.7 Å². The Morgan fingerprint density at radius 3 is 2.50 bits per heavy atom. The molecule has 30 heavy (non-hydrogen) atoms. The molecule has 1 aliphatic heterocycles. The van der Waals surface area contributed by atoms with E-state index in [-0.39, 0.29) is 34.4 Å². The number of anilines is 1. The third-order valence-corrected chi connectivity index (χ3v) is 5.35. The molecule has 2 N–H and O–H groups in total. The Bertz CT molecular complexity index is 796. The van der Waals surface area contributed by atoms with Crippen LogP contribution in [0, 0.1) is 17.2 Å². The molecule has 2 amide bonds. The fourth-order valence-corrected chi connectivity index (χ4v) is 4.48. The number of amides is 2. The summed E-state index contributed by atoms with van der Waals surface area (Å²) in [6.07, 6.45) is 2.15. The van der Waals surface area contributed by atoms with Crippen molar-refractivity contribution in [1.82, 2.24) is 10.2 Å². The molecule has 1 aromatic carbocycles. The molecule has 1 saturated heterocycles. The highest BCUT2D eigenvalue weighted by molar-refractivity contribution is 5.91. The summed E-state index contributed by atoms with van der Waals surface area (Å²) in [5.74, 6) is -1.50. The van der Waals surface area contributed by atoms with Crippen LogP contribution in [0.5, 0.6) is 5.75 Å². The van der Waals surface area contributed by atoms with Gasteiger partial charge < -0.3 is 15.4 Å². The molecule has 3 rings (SSSR count). The number of nitrogens with zero attached hydrogens (tertiary/aromatic N) is 1. The van der Waals surface area contributed by atoms with Gasteiger partial charge in [0.2, 0.25) is 11.8 Å². The Balaban J connectivity index is 1.39. The van der Waals surface area contributed by atoms with Gasteiger partial charge in [0, 0.05) is 36.8 Å². The number of hydrogen-bond donors (Lipinski definition) is 2. The van der Waals surface area contributed by atoms with Crippen molar-refractivity contribution < 1.29 is 27.5 Å². The minimum Gasteiger partial charge on any atom is -0.432 e. The number of benzene rings is 1. The maximum Gasteiger partial charge on any atom is 0.387 e. The number of carbonyl (C=O) groups is 2. The Morgan fingerprint density at radius 2 is 1.90 bits per heavy atom. The summed E-state index contributed by atoms with van der Waals surface area (Å²) in [5.41, 5.74) is 0.165. The van der Waals surface area contributed by atoms with Gasteiger partial charge in [0.05, 0.1) is 6.54 Å². The molecule has 0 bridgehead atoms. The highest BCUT2D eigenvalue weighted by Crippen LogP contribution is 2.52. The summed E-state index contributed by atoms with van der Waals surface area (Å²) in [5, 5.41) is 5.56. The molecule has 1 saturated carbocycles. The average Bonchev–Trinajstić information content (AvgIpc) is 2.51. The van der Waals surface area contributed by atoms with Crippen LogP contribution < -0.4 is 15.4 Å². The Hall–Kier alpha value is -2.29. The number of ether oxygens (including phenoxy) is 1. The second kappa shape index (κ2) is 8.45. The van der Waals surface area contributed by atoms with Gasteiger partial charge in [0.1, 0.15) is 0 Å². The van der Waals surface area contributed by atoms with E-state index >= 15 is 0 Å². The number of alkyl halides is 2. The van der Waals surface area contributed by atoms with E-state index in [0.29, 0.717) is 13.0 Å². The lowest BCUT2D eigenvalue weighted by atomic mass is 9.57. The average molecular weight is 427 g/mol. The first-order valence-corrected chi connectivity index (χ1v) is 10.0. The van der Waals surface area contributed by atoms with Crippen molar-refractivity contribution in [3.8, 4) is 5.75 Å². The zero-order chi connectivity index (χ0) is 22.1. The first-order chi connectivity index (χ1) is 13.9. The molecule has 1 heterocycles. The van der Waals surface area contributed by atoms with Gasteiger partial charge >= 0.3 is 6.61 Å². The minimum atomic E-state index is -3.14. The van der Waals surface area contributed by atoms with E-state index in [9.17, 15) is 22.8 Å². The Labute approximate surface area is 174 Å². The molecule has 2 fully saturated rings. The first-order valence-electron chi connectivity index (χ1n) is 10.0. The number of rotatable bonds is 7.